The minimum Gasteiger partial charge on any atom is -0.479 e. The number of aliphatic hydroxyl groups is 16. The van der Waals surface area contributed by atoms with E-state index in [4.69, 9.17) is 71.1 Å². The molecule has 12 rings (SSSR count). The molecule has 0 bridgehead atoms. The number of carbonyl (C=O) groups is 4. The number of aliphatic carboxylic acids is 1. The number of allylic oxidation sites excluding steroid dienone is 2. The second kappa shape index (κ2) is 31.5. The van der Waals surface area contributed by atoms with Gasteiger partial charge in [0.2, 0.25) is 6.29 Å². The molecule has 0 amide bonds. The predicted molar refractivity (Wildman–Crippen MR) is 350 cm³/mol. The monoisotopic (exact) mass is 1540 g/mol. The van der Waals surface area contributed by atoms with Crippen molar-refractivity contribution in [1.29, 1.82) is 0 Å². The lowest BCUT2D eigenvalue weighted by Gasteiger charge is -2.71. The summed E-state index contributed by atoms with van der Waals surface area (Å²) in [6.45, 7) is 14.2. The maximum Gasteiger partial charge on any atom is 0.335 e. The van der Waals surface area contributed by atoms with Gasteiger partial charge in [-0.25, -0.2) is 4.79 Å². The number of carbonyl (C=O) groups excluding carboxylic acids is 3. The van der Waals surface area contributed by atoms with Crippen LogP contribution in [0.4, 0.5) is 0 Å². The van der Waals surface area contributed by atoms with Crippen LogP contribution >= 0.6 is 0 Å². The van der Waals surface area contributed by atoms with Crippen molar-refractivity contribution in [1.82, 2.24) is 0 Å². The Morgan fingerprint density at radius 2 is 1.04 bits per heavy atom. The Bertz CT molecular complexity index is 3170. The summed E-state index contributed by atoms with van der Waals surface area (Å²) in [7, 11) is 0. The lowest BCUT2D eigenvalue weighted by atomic mass is 9.33. The number of aldehydes is 1. The molecule has 12 aliphatic rings. The molecule has 0 aromatic heterocycles. The van der Waals surface area contributed by atoms with E-state index in [-0.39, 0.29) is 17.8 Å². The highest BCUT2D eigenvalue weighted by atomic mass is 16.8. The van der Waals surface area contributed by atoms with Crippen molar-refractivity contribution in [3.63, 3.8) is 0 Å². The topological polar surface area (TPSA) is 551 Å². The number of carboxylic acids is 1. The lowest BCUT2D eigenvalue weighted by Crippen LogP contribution is -2.69. The summed E-state index contributed by atoms with van der Waals surface area (Å²) < 4.78 is 90.0. The van der Waals surface area contributed by atoms with Crippen LogP contribution in [0.2, 0.25) is 0 Å². The van der Waals surface area contributed by atoms with E-state index >= 15 is 4.79 Å². The number of hydrogen-bond acceptors (Lipinski definition) is 35. The standard InChI is InChI=1S/C71H110O36/c1-26-38(78)52(98-28(3)74)55(105-61-47(87)43(83)50(27(2)97-61)101-60-49(89)51(33(77)24-95-60)102-58-44(84)39(79)31(75)22-93-58)63(96-26)107-65(92)71-18-16-66(4,5)20-30(71)29-10-11-36-67(6)14-13-37(68(7,25-73)35(67)12-15-70(36,9)69(29,8)17-19-71)100-64-56(106-62-46(86)42(82)41(81)34(21-72)99-62)53(48(88)54(104-64)57(90)91)103-59-45(85)40(80)32(76)23-94-59/h10,25-27,30-56,58-64,72,75-89H,11-24H2,1-9H3,(H,90,91). The minimum atomic E-state index is -2.21. The van der Waals surface area contributed by atoms with Crippen LogP contribution in [0.15, 0.2) is 11.6 Å². The number of aliphatic hydroxyl groups excluding tert-OH is 16. The van der Waals surface area contributed by atoms with Gasteiger partial charge in [0, 0.05) is 6.92 Å². The van der Waals surface area contributed by atoms with Gasteiger partial charge in [0.15, 0.2) is 56.1 Å². The Balaban J connectivity index is 0.784. The SMILES string of the molecule is CC(=O)OC1C(O)C(C)OC(OC(=O)C23CCC(C)(C)CC2C2=CCC4C5(C)CCC(OC6OC(C(=O)O)C(O)C(OC7OCC(O)C(O)C7O)C6OC6OC(CO)C(O)C(O)C6O)C(C)(C=O)C5CCC4(C)C2(C)CC3)C1OC1OC(C)C(OC2OCC(O)C(OC3OCC(O)C(O)C3O)C2O)C(O)C1O. The molecule has 36 nitrogen and oxygen atoms in total. The number of hydrogen-bond donors (Lipinski definition) is 17. The summed E-state index contributed by atoms with van der Waals surface area (Å²) >= 11 is 0. The van der Waals surface area contributed by atoms with Gasteiger partial charge in [-0.1, -0.05) is 53.2 Å². The lowest BCUT2D eigenvalue weighted by molar-refractivity contribution is -0.391. The van der Waals surface area contributed by atoms with E-state index in [1.807, 2.05) is 0 Å². The molecule has 0 spiro atoms. The molecule has 0 aromatic rings. The van der Waals surface area contributed by atoms with Crippen molar-refractivity contribution in [3.8, 4) is 0 Å². The van der Waals surface area contributed by atoms with Gasteiger partial charge in [-0.05, 0) is 117 Å². The third-order valence-corrected chi connectivity index (χ3v) is 26.7. The van der Waals surface area contributed by atoms with Crippen LogP contribution in [0.5, 0.6) is 0 Å². The maximum atomic E-state index is 15.9. The van der Waals surface area contributed by atoms with Crippen molar-refractivity contribution >= 4 is 24.2 Å². The summed E-state index contributed by atoms with van der Waals surface area (Å²) in [5, 5.41) is 185. The Morgan fingerprint density at radius 3 is 1.64 bits per heavy atom. The van der Waals surface area contributed by atoms with Gasteiger partial charge >= 0.3 is 17.9 Å². The molecule has 0 aromatic carbocycles. The molecule has 36 heteroatoms. The highest BCUT2D eigenvalue weighted by Crippen LogP contribution is 2.76. The molecule has 5 aliphatic carbocycles. The van der Waals surface area contributed by atoms with Gasteiger partial charge in [-0.2, -0.15) is 0 Å². The molecular weight excluding hydrogens is 1430 g/mol. The highest BCUT2D eigenvalue weighted by Gasteiger charge is 2.72. The quantitative estimate of drug-likeness (QED) is 0.0265. The van der Waals surface area contributed by atoms with Crippen LogP contribution in [0.3, 0.4) is 0 Å². The molecule has 41 unspecified atom stereocenters. The number of rotatable bonds is 18. The van der Waals surface area contributed by atoms with E-state index in [0.29, 0.717) is 57.8 Å². The minimum absolute atomic E-state index is 0.119. The smallest absolute Gasteiger partial charge is 0.335 e. The Kier molecular flexibility index (Phi) is 24.4. The van der Waals surface area contributed by atoms with Gasteiger partial charge in [-0.3, -0.25) is 9.59 Å². The average Bonchev–Trinajstić information content (AvgIpc) is 0.673. The van der Waals surface area contributed by atoms with Crippen LogP contribution in [0, 0.1) is 50.2 Å². The van der Waals surface area contributed by atoms with Gasteiger partial charge in [0.1, 0.15) is 128 Å². The summed E-state index contributed by atoms with van der Waals surface area (Å²) in [6.07, 6.45) is -50.2. The first-order valence-electron chi connectivity index (χ1n) is 37.2. The highest BCUT2D eigenvalue weighted by molar-refractivity contribution is 5.79. The second-order valence-corrected chi connectivity index (χ2v) is 33.6. The molecule has 610 valence electrons. The maximum absolute atomic E-state index is 15.9. The van der Waals surface area contributed by atoms with E-state index in [2.05, 4.69) is 40.7 Å². The van der Waals surface area contributed by atoms with Crippen molar-refractivity contribution < 1.29 is 177 Å². The van der Waals surface area contributed by atoms with Crippen molar-refractivity contribution in [2.24, 2.45) is 50.2 Å². The van der Waals surface area contributed by atoms with Gasteiger partial charge in [0.05, 0.1) is 55.6 Å². The molecule has 0 radical (unpaired) electrons. The number of ether oxygens (including phenoxy) is 15. The van der Waals surface area contributed by atoms with E-state index in [1.54, 1.807) is 6.92 Å². The summed E-state index contributed by atoms with van der Waals surface area (Å²) in [5.41, 5.74) is -3.56. The number of fused-ring (bicyclic) bond motifs is 7. The molecule has 107 heavy (non-hydrogen) atoms. The number of carboxylic acid groups (broad SMARTS) is 1. The Hall–Kier alpha value is -3.34. The van der Waals surface area contributed by atoms with Crippen LogP contribution in [0.1, 0.15) is 127 Å². The molecule has 4 saturated carbocycles. The first-order valence-corrected chi connectivity index (χ1v) is 37.2. The van der Waals surface area contributed by atoms with Crippen LogP contribution in [-0.2, 0) is 90.2 Å². The van der Waals surface area contributed by atoms with E-state index in [0.717, 1.165) is 18.8 Å². The molecule has 7 saturated heterocycles. The summed E-state index contributed by atoms with van der Waals surface area (Å²) in [5.74, 6) is -4.25. The van der Waals surface area contributed by atoms with Crippen molar-refractivity contribution in [3.05, 3.63) is 11.6 Å². The van der Waals surface area contributed by atoms with E-state index in [9.17, 15) is 101 Å². The van der Waals surface area contributed by atoms with Crippen LogP contribution < -0.4 is 0 Å². The molecule has 41 atom stereocenters. The third kappa shape index (κ3) is 14.7. The fourth-order valence-corrected chi connectivity index (χ4v) is 20.2. The average molecular weight is 1540 g/mol. The Labute approximate surface area is 616 Å². The zero-order valence-corrected chi connectivity index (χ0v) is 61.2. The summed E-state index contributed by atoms with van der Waals surface area (Å²) in [4.78, 5) is 56.1. The summed E-state index contributed by atoms with van der Waals surface area (Å²) in [6, 6.07) is 0. The normalized spacial score (nSPS) is 53.5. The zero-order valence-electron chi connectivity index (χ0n) is 61.2. The first kappa shape index (κ1) is 83.1. The fourth-order valence-electron chi connectivity index (χ4n) is 20.2. The fraction of sp³-hybridized carbons (Fsp3) is 0.915. The number of esters is 2. The first-order chi connectivity index (χ1) is 50.2. The van der Waals surface area contributed by atoms with Gasteiger partial charge < -0.3 is 163 Å². The van der Waals surface area contributed by atoms with Crippen LogP contribution in [0.25, 0.3) is 0 Å². The largest absolute Gasteiger partial charge is 0.479 e. The zero-order chi connectivity index (χ0) is 78.0. The third-order valence-electron chi connectivity index (χ3n) is 26.7. The van der Waals surface area contributed by atoms with Crippen molar-refractivity contribution in [2.75, 3.05) is 26.4 Å². The molecular formula is C71H110O36. The second-order valence-electron chi connectivity index (χ2n) is 33.6. The Morgan fingerprint density at radius 1 is 0.495 bits per heavy atom. The van der Waals surface area contributed by atoms with Crippen molar-refractivity contribution in [2.45, 2.75) is 329 Å². The van der Waals surface area contributed by atoms with Crippen LogP contribution in [-0.4, -0.2) is 340 Å². The molecule has 11 fully saturated rings. The van der Waals surface area contributed by atoms with E-state index < -0.39 is 286 Å². The molecule has 7 aliphatic heterocycles. The molecule has 7 heterocycles. The van der Waals surface area contributed by atoms with Gasteiger partial charge in [0.25, 0.3) is 0 Å². The van der Waals surface area contributed by atoms with E-state index in [1.165, 1.54) is 13.8 Å². The predicted octanol–water partition coefficient (Wildman–Crippen LogP) is -4.75. The van der Waals surface area contributed by atoms with Gasteiger partial charge in [-0.15, -0.1) is 0 Å². The molecule has 17 N–H and O–H groups in total.